The zero-order chi connectivity index (χ0) is 29.7. The second-order valence-electron chi connectivity index (χ2n) is 9.37. The number of fused-ring (bicyclic) bond motifs is 1. The Kier molecular flexibility index (Phi) is 9.64. The number of halogens is 2. The van der Waals surface area contributed by atoms with Crippen LogP contribution >= 0.6 is 15.9 Å². The van der Waals surface area contributed by atoms with E-state index >= 15 is 4.39 Å². The Morgan fingerprint density at radius 1 is 0.902 bits per heavy atom. The van der Waals surface area contributed by atoms with Crippen LogP contribution in [0, 0.1) is 5.82 Å². The van der Waals surface area contributed by atoms with Gasteiger partial charge in [0, 0.05) is 46.7 Å². The third-order valence-electron chi connectivity index (χ3n) is 7.09. The molecular formula is C30H33BrFN3O6. The second-order valence-corrected chi connectivity index (χ2v) is 10.3. The molecule has 0 aliphatic heterocycles. The lowest BCUT2D eigenvalue weighted by atomic mass is 9.71. The van der Waals surface area contributed by atoms with E-state index in [1.54, 1.807) is 36.4 Å². The van der Waals surface area contributed by atoms with E-state index in [1.165, 1.54) is 41.6 Å². The van der Waals surface area contributed by atoms with Crippen LogP contribution in [0.25, 0.3) is 10.9 Å². The zero-order valence-electron chi connectivity index (χ0n) is 23.8. The minimum Gasteiger partial charge on any atom is -0.494 e. The van der Waals surface area contributed by atoms with Crippen molar-refractivity contribution in [3.63, 3.8) is 0 Å². The van der Waals surface area contributed by atoms with Crippen LogP contribution in [0.3, 0.4) is 0 Å². The molecule has 2 heterocycles. The summed E-state index contributed by atoms with van der Waals surface area (Å²) in [6.45, 7) is 0.275. The molecule has 0 aliphatic carbocycles. The number of aromatic nitrogens is 2. The number of rotatable bonds is 12. The summed E-state index contributed by atoms with van der Waals surface area (Å²) < 4.78 is 39.0. The number of benzene rings is 2. The van der Waals surface area contributed by atoms with Gasteiger partial charge < -0.3 is 28.9 Å². The van der Waals surface area contributed by atoms with E-state index in [4.69, 9.17) is 28.8 Å². The minimum absolute atomic E-state index is 0.0317. The number of hydroxylamine groups is 2. The highest BCUT2D eigenvalue weighted by molar-refractivity contribution is 9.10. The number of ether oxygens (including phenoxy) is 4. The van der Waals surface area contributed by atoms with Gasteiger partial charge in [-0.25, -0.2) is 9.37 Å². The van der Waals surface area contributed by atoms with E-state index < -0.39 is 17.3 Å². The van der Waals surface area contributed by atoms with Gasteiger partial charge in [0.1, 0.15) is 5.60 Å². The van der Waals surface area contributed by atoms with Gasteiger partial charge in [0.25, 0.3) is 0 Å². The maximum Gasteiger partial charge on any atom is 0.217 e. The molecule has 4 aromatic rings. The molecule has 2 atom stereocenters. The molecule has 1 N–H and O–H groups in total. The summed E-state index contributed by atoms with van der Waals surface area (Å²) in [5, 5.41) is 15.3. The fraction of sp³-hybridized carbons (Fsp3) is 0.333. The van der Waals surface area contributed by atoms with Crippen LogP contribution < -0.4 is 18.9 Å². The number of aliphatic hydroxyl groups is 1. The summed E-state index contributed by atoms with van der Waals surface area (Å²) in [6.07, 6.45) is 0.0919. The monoisotopic (exact) mass is 629 g/mol. The SMILES string of the molecule is COc1cc(C(O)(CCN(C)OC)C(c2cc3cc(Br)ccc3nc2OC)c2cccc(OC)c2F)cc(OC)n1. The van der Waals surface area contributed by atoms with Crippen LogP contribution in [0.1, 0.15) is 29.0 Å². The van der Waals surface area contributed by atoms with E-state index in [-0.39, 0.29) is 41.9 Å². The first kappa shape index (κ1) is 30.4. The normalized spacial score (nSPS) is 13.6. The third-order valence-corrected chi connectivity index (χ3v) is 7.58. The van der Waals surface area contributed by atoms with Gasteiger partial charge in [0.05, 0.1) is 47.0 Å². The molecule has 2 aromatic heterocycles. The number of nitrogens with zero attached hydrogens (tertiary/aromatic N) is 3. The largest absolute Gasteiger partial charge is 0.494 e. The maximum absolute atomic E-state index is 16.2. The number of methoxy groups -OCH3 is 4. The van der Waals surface area contributed by atoms with E-state index in [9.17, 15) is 5.11 Å². The van der Waals surface area contributed by atoms with Gasteiger partial charge in [-0.2, -0.15) is 10.0 Å². The van der Waals surface area contributed by atoms with Crippen LogP contribution in [0.15, 0.2) is 59.1 Å². The predicted molar refractivity (Wildman–Crippen MR) is 156 cm³/mol. The minimum atomic E-state index is -1.79. The standard InChI is InChI=1S/C30H33BrFN3O6/c1-35(41-6)13-12-30(36,19-16-25(38-3)34-26(17-19)39-4)27(21-8-7-9-24(37-2)28(21)32)22-15-18-14-20(31)10-11-23(18)33-29(22)40-5/h7-11,14-17,27,36H,12-13H2,1-6H3. The second kappa shape index (κ2) is 13.0. The van der Waals surface area contributed by atoms with Crippen molar-refractivity contribution in [1.82, 2.24) is 15.0 Å². The third kappa shape index (κ3) is 6.23. The first-order chi connectivity index (χ1) is 19.7. The first-order valence-electron chi connectivity index (χ1n) is 12.7. The van der Waals surface area contributed by atoms with Gasteiger partial charge in [-0.15, -0.1) is 0 Å². The summed E-state index contributed by atoms with van der Waals surface area (Å²) >= 11 is 3.52. The van der Waals surface area contributed by atoms with Crippen LogP contribution in [-0.2, 0) is 10.4 Å². The molecule has 9 nitrogen and oxygen atoms in total. The molecule has 0 saturated heterocycles. The summed E-state index contributed by atoms with van der Waals surface area (Å²) in [7, 11) is 9.10. The van der Waals surface area contributed by atoms with Crippen LogP contribution in [0.4, 0.5) is 4.39 Å². The van der Waals surface area contributed by atoms with E-state index in [0.717, 1.165) is 9.86 Å². The predicted octanol–water partition coefficient (Wildman–Crippen LogP) is 5.47. The van der Waals surface area contributed by atoms with Gasteiger partial charge in [-0.1, -0.05) is 28.1 Å². The molecule has 0 spiro atoms. The summed E-state index contributed by atoms with van der Waals surface area (Å²) in [5.41, 5.74) is -0.0976. The molecule has 11 heteroatoms. The van der Waals surface area contributed by atoms with Gasteiger partial charge in [-0.05, 0) is 42.3 Å². The maximum atomic E-state index is 16.2. The highest BCUT2D eigenvalue weighted by Gasteiger charge is 2.45. The van der Waals surface area contributed by atoms with Crippen molar-refractivity contribution in [1.29, 1.82) is 0 Å². The fourth-order valence-electron chi connectivity index (χ4n) is 4.92. The fourth-order valence-corrected chi connectivity index (χ4v) is 5.30. The van der Waals surface area contributed by atoms with Crippen molar-refractivity contribution in [2.75, 3.05) is 49.1 Å². The van der Waals surface area contributed by atoms with E-state index in [2.05, 4.69) is 20.9 Å². The molecule has 0 radical (unpaired) electrons. The lowest BCUT2D eigenvalue weighted by molar-refractivity contribution is -0.124. The quantitative estimate of drug-likeness (QED) is 0.205. The molecule has 0 amide bonds. The molecule has 0 bridgehead atoms. The number of hydrogen-bond donors (Lipinski definition) is 1. The lowest BCUT2D eigenvalue weighted by Crippen LogP contribution is -2.38. The van der Waals surface area contributed by atoms with Crippen LogP contribution in [0.5, 0.6) is 23.4 Å². The number of pyridine rings is 2. The highest BCUT2D eigenvalue weighted by atomic mass is 79.9. The first-order valence-corrected chi connectivity index (χ1v) is 13.5. The Bertz CT molecular complexity index is 1500. The summed E-state index contributed by atoms with van der Waals surface area (Å²) in [5.74, 6) is -0.971. The highest BCUT2D eigenvalue weighted by Crippen LogP contribution is 2.49. The van der Waals surface area contributed by atoms with Gasteiger partial charge in [0.15, 0.2) is 11.6 Å². The number of hydrogen-bond acceptors (Lipinski definition) is 9. The average Bonchev–Trinajstić information content (AvgIpc) is 2.99. The smallest absolute Gasteiger partial charge is 0.217 e. The van der Waals surface area contributed by atoms with Crippen molar-refractivity contribution >= 4 is 26.8 Å². The van der Waals surface area contributed by atoms with Crippen molar-refractivity contribution < 1.29 is 33.3 Å². The van der Waals surface area contributed by atoms with E-state index in [1.807, 2.05) is 24.3 Å². The molecule has 0 saturated carbocycles. The molecule has 0 fully saturated rings. The molecule has 0 aliphatic rings. The van der Waals surface area contributed by atoms with Gasteiger partial charge in [0.2, 0.25) is 17.6 Å². The van der Waals surface area contributed by atoms with Crippen molar-refractivity contribution in [2.24, 2.45) is 0 Å². The Morgan fingerprint density at radius 3 is 2.22 bits per heavy atom. The van der Waals surface area contributed by atoms with Gasteiger partial charge >= 0.3 is 0 Å². The Labute approximate surface area is 246 Å². The Hall–Kier alpha value is -3.51. The molecule has 2 aromatic carbocycles. The summed E-state index contributed by atoms with van der Waals surface area (Å²) in [4.78, 5) is 14.4. The Morgan fingerprint density at radius 2 is 1.61 bits per heavy atom. The topological polar surface area (TPSA) is 95.4 Å². The molecule has 4 rings (SSSR count). The zero-order valence-corrected chi connectivity index (χ0v) is 25.4. The van der Waals surface area contributed by atoms with Crippen molar-refractivity contribution in [2.45, 2.75) is 17.9 Å². The van der Waals surface area contributed by atoms with Crippen LogP contribution in [0.2, 0.25) is 0 Å². The van der Waals surface area contributed by atoms with Crippen LogP contribution in [-0.4, -0.2) is 69.3 Å². The average molecular weight is 631 g/mol. The van der Waals surface area contributed by atoms with Crippen molar-refractivity contribution in [3.05, 3.63) is 81.6 Å². The molecule has 218 valence electrons. The molecule has 41 heavy (non-hydrogen) atoms. The van der Waals surface area contributed by atoms with Crippen molar-refractivity contribution in [3.8, 4) is 23.4 Å². The van der Waals surface area contributed by atoms with Gasteiger partial charge in [-0.3, -0.25) is 0 Å². The lowest BCUT2D eigenvalue weighted by Gasteiger charge is -2.39. The summed E-state index contributed by atoms with van der Waals surface area (Å²) in [6, 6.07) is 15.5. The Balaban J connectivity index is 2.11. The van der Waals surface area contributed by atoms with E-state index in [0.29, 0.717) is 16.6 Å². The molecular weight excluding hydrogens is 597 g/mol. The molecule has 2 unspecified atom stereocenters.